The fraction of sp³-hybridized carbons (Fsp3) is 0.400. The summed E-state index contributed by atoms with van der Waals surface area (Å²) >= 11 is 0. The number of para-hydroxylation sites is 1. The molecule has 0 spiro atoms. The van der Waals surface area contributed by atoms with Crippen LogP contribution in [0.3, 0.4) is 0 Å². The number of anilines is 1. The third-order valence-corrected chi connectivity index (χ3v) is 2.84. The second-order valence-electron chi connectivity index (χ2n) is 4.25. The standard InChI is InChI=1S/C15H21NO2/c1-3-5-6-11-14(18-15(17)4-2)12-9-7-8-10-13(12)16/h4,7-10,14H,2-3,5-6,11,16H2,1H3. The lowest BCUT2D eigenvalue weighted by atomic mass is 10.0. The molecule has 0 heterocycles. The molecule has 1 rings (SSSR count). The topological polar surface area (TPSA) is 52.3 Å². The third-order valence-electron chi connectivity index (χ3n) is 2.84. The Morgan fingerprint density at radius 2 is 2.17 bits per heavy atom. The molecule has 0 aliphatic rings. The first-order valence-electron chi connectivity index (χ1n) is 6.36. The van der Waals surface area contributed by atoms with Crippen LogP contribution in [0.1, 0.15) is 44.3 Å². The van der Waals surface area contributed by atoms with Crippen molar-refractivity contribution in [2.45, 2.75) is 38.7 Å². The lowest BCUT2D eigenvalue weighted by Crippen LogP contribution is -2.11. The molecule has 0 saturated heterocycles. The van der Waals surface area contributed by atoms with Crippen molar-refractivity contribution in [3.8, 4) is 0 Å². The normalized spacial score (nSPS) is 11.8. The summed E-state index contributed by atoms with van der Waals surface area (Å²) in [5.74, 6) is -0.403. The van der Waals surface area contributed by atoms with Gasteiger partial charge < -0.3 is 10.5 Å². The van der Waals surface area contributed by atoms with Gasteiger partial charge in [-0.15, -0.1) is 0 Å². The van der Waals surface area contributed by atoms with Gasteiger partial charge in [0.05, 0.1) is 0 Å². The van der Waals surface area contributed by atoms with E-state index in [4.69, 9.17) is 10.5 Å². The van der Waals surface area contributed by atoms with Crippen LogP contribution >= 0.6 is 0 Å². The fourth-order valence-electron chi connectivity index (χ4n) is 1.85. The molecule has 0 radical (unpaired) electrons. The molecule has 0 aromatic heterocycles. The lowest BCUT2D eigenvalue weighted by molar-refractivity contribution is -0.143. The summed E-state index contributed by atoms with van der Waals surface area (Å²) in [6.45, 7) is 5.56. The van der Waals surface area contributed by atoms with Gasteiger partial charge in [-0.2, -0.15) is 0 Å². The van der Waals surface area contributed by atoms with E-state index in [1.165, 1.54) is 6.08 Å². The number of rotatable bonds is 7. The van der Waals surface area contributed by atoms with E-state index in [2.05, 4.69) is 13.5 Å². The molecular weight excluding hydrogens is 226 g/mol. The van der Waals surface area contributed by atoms with Crippen LogP contribution < -0.4 is 5.73 Å². The number of unbranched alkanes of at least 4 members (excludes halogenated alkanes) is 2. The van der Waals surface area contributed by atoms with Crippen LogP contribution in [0.5, 0.6) is 0 Å². The second-order valence-corrected chi connectivity index (χ2v) is 4.25. The van der Waals surface area contributed by atoms with E-state index < -0.39 is 5.97 Å². The van der Waals surface area contributed by atoms with E-state index in [9.17, 15) is 4.79 Å². The Morgan fingerprint density at radius 1 is 1.44 bits per heavy atom. The molecule has 1 unspecified atom stereocenters. The van der Waals surface area contributed by atoms with Crippen molar-refractivity contribution in [3.63, 3.8) is 0 Å². The van der Waals surface area contributed by atoms with Gasteiger partial charge in [-0.25, -0.2) is 4.79 Å². The van der Waals surface area contributed by atoms with E-state index >= 15 is 0 Å². The molecule has 2 N–H and O–H groups in total. The van der Waals surface area contributed by atoms with Crippen molar-refractivity contribution in [1.29, 1.82) is 0 Å². The highest BCUT2D eigenvalue weighted by Gasteiger charge is 2.17. The minimum absolute atomic E-state index is 0.275. The van der Waals surface area contributed by atoms with Gasteiger partial charge in [0, 0.05) is 17.3 Å². The number of hydrogen-bond donors (Lipinski definition) is 1. The zero-order valence-corrected chi connectivity index (χ0v) is 10.9. The van der Waals surface area contributed by atoms with Crippen molar-refractivity contribution in [3.05, 3.63) is 42.5 Å². The van der Waals surface area contributed by atoms with E-state index in [0.29, 0.717) is 5.69 Å². The summed E-state index contributed by atoms with van der Waals surface area (Å²) in [6, 6.07) is 7.50. The minimum Gasteiger partial charge on any atom is -0.454 e. The summed E-state index contributed by atoms with van der Waals surface area (Å²) < 4.78 is 5.38. The Balaban J connectivity index is 2.79. The van der Waals surface area contributed by atoms with E-state index in [1.54, 1.807) is 0 Å². The van der Waals surface area contributed by atoms with E-state index in [0.717, 1.165) is 31.2 Å². The molecule has 98 valence electrons. The Labute approximate surface area is 109 Å². The van der Waals surface area contributed by atoms with Crippen LogP contribution in [-0.4, -0.2) is 5.97 Å². The molecule has 1 aromatic rings. The Hall–Kier alpha value is -1.77. The van der Waals surface area contributed by atoms with Crippen LogP contribution in [0.4, 0.5) is 5.69 Å². The van der Waals surface area contributed by atoms with Crippen LogP contribution in [0.25, 0.3) is 0 Å². The van der Waals surface area contributed by atoms with Crippen LogP contribution in [-0.2, 0) is 9.53 Å². The van der Waals surface area contributed by atoms with Crippen molar-refractivity contribution < 1.29 is 9.53 Å². The van der Waals surface area contributed by atoms with E-state index in [-0.39, 0.29) is 6.10 Å². The van der Waals surface area contributed by atoms with Gasteiger partial charge in [-0.3, -0.25) is 0 Å². The maximum absolute atomic E-state index is 11.4. The molecule has 0 saturated carbocycles. The predicted molar refractivity (Wildman–Crippen MR) is 74.0 cm³/mol. The highest BCUT2D eigenvalue weighted by Crippen LogP contribution is 2.28. The molecule has 0 amide bonds. The molecule has 3 nitrogen and oxygen atoms in total. The Morgan fingerprint density at radius 3 is 2.78 bits per heavy atom. The monoisotopic (exact) mass is 247 g/mol. The molecule has 1 atom stereocenters. The number of carbonyl (C=O) groups is 1. The van der Waals surface area contributed by atoms with Gasteiger partial charge in [0.1, 0.15) is 6.10 Å². The van der Waals surface area contributed by atoms with Crippen LogP contribution in [0.2, 0.25) is 0 Å². The van der Waals surface area contributed by atoms with Gasteiger partial charge in [-0.05, 0) is 18.9 Å². The maximum Gasteiger partial charge on any atom is 0.330 e. The molecule has 0 aliphatic heterocycles. The first kappa shape index (κ1) is 14.3. The quantitative estimate of drug-likeness (QED) is 0.346. The van der Waals surface area contributed by atoms with Gasteiger partial charge in [0.2, 0.25) is 0 Å². The summed E-state index contributed by atoms with van der Waals surface area (Å²) in [7, 11) is 0. The van der Waals surface area contributed by atoms with Gasteiger partial charge in [0.25, 0.3) is 0 Å². The predicted octanol–water partition coefficient (Wildman–Crippen LogP) is 3.62. The number of nitrogens with two attached hydrogens (primary N) is 1. The number of ether oxygens (including phenoxy) is 1. The second kappa shape index (κ2) is 7.54. The molecular formula is C15H21NO2. The van der Waals surface area contributed by atoms with Crippen molar-refractivity contribution >= 4 is 11.7 Å². The first-order chi connectivity index (χ1) is 8.69. The maximum atomic E-state index is 11.4. The Bertz CT molecular complexity index is 401. The van der Waals surface area contributed by atoms with Crippen molar-refractivity contribution in [2.75, 3.05) is 5.73 Å². The van der Waals surface area contributed by atoms with Crippen LogP contribution in [0, 0.1) is 0 Å². The number of benzene rings is 1. The van der Waals surface area contributed by atoms with Gasteiger partial charge in [-0.1, -0.05) is 44.5 Å². The summed E-state index contributed by atoms with van der Waals surface area (Å²) in [6.07, 6.45) is 4.97. The highest BCUT2D eigenvalue weighted by atomic mass is 16.5. The number of hydrogen-bond acceptors (Lipinski definition) is 3. The molecule has 0 bridgehead atoms. The summed E-state index contributed by atoms with van der Waals surface area (Å²) in [5.41, 5.74) is 7.47. The van der Waals surface area contributed by atoms with Crippen molar-refractivity contribution in [2.24, 2.45) is 0 Å². The smallest absolute Gasteiger partial charge is 0.330 e. The van der Waals surface area contributed by atoms with Crippen LogP contribution in [0.15, 0.2) is 36.9 Å². The highest BCUT2D eigenvalue weighted by molar-refractivity contribution is 5.81. The number of nitrogen functional groups attached to an aromatic ring is 1. The van der Waals surface area contributed by atoms with E-state index in [1.807, 2.05) is 24.3 Å². The zero-order chi connectivity index (χ0) is 13.4. The molecule has 0 aliphatic carbocycles. The zero-order valence-electron chi connectivity index (χ0n) is 10.9. The number of esters is 1. The molecule has 1 aromatic carbocycles. The molecule has 0 fully saturated rings. The number of carbonyl (C=O) groups excluding carboxylic acids is 1. The minimum atomic E-state index is -0.403. The molecule has 18 heavy (non-hydrogen) atoms. The first-order valence-corrected chi connectivity index (χ1v) is 6.36. The molecule has 3 heteroatoms. The summed E-state index contributed by atoms with van der Waals surface area (Å²) in [5, 5.41) is 0. The average Bonchev–Trinajstić information content (AvgIpc) is 2.38. The van der Waals surface area contributed by atoms with Crippen molar-refractivity contribution in [1.82, 2.24) is 0 Å². The van der Waals surface area contributed by atoms with Gasteiger partial charge >= 0.3 is 5.97 Å². The third kappa shape index (κ3) is 4.24. The largest absolute Gasteiger partial charge is 0.454 e. The Kier molecular flexibility index (Phi) is 5.98. The van der Waals surface area contributed by atoms with Gasteiger partial charge in [0.15, 0.2) is 0 Å². The average molecular weight is 247 g/mol. The lowest BCUT2D eigenvalue weighted by Gasteiger charge is -2.19. The fourth-order valence-corrected chi connectivity index (χ4v) is 1.85. The SMILES string of the molecule is C=CC(=O)OC(CCCCC)c1ccccc1N. The summed E-state index contributed by atoms with van der Waals surface area (Å²) in [4.78, 5) is 11.4.